The van der Waals surface area contributed by atoms with Crippen molar-refractivity contribution in [1.82, 2.24) is 0 Å². The maximum atomic E-state index is 13.4. The van der Waals surface area contributed by atoms with Crippen LogP contribution < -0.4 is 10.5 Å². The van der Waals surface area contributed by atoms with E-state index in [1.165, 1.54) is 18.2 Å². The molecule has 2 aromatic rings. The zero-order valence-corrected chi connectivity index (χ0v) is 12.2. The van der Waals surface area contributed by atoms with E-state index in [9.17, 15) is 17.2 Å². The van der Waals surface area contributed by atoms with Gasteiger partial charge in [0.1, 0.15) is 9.20 Å². The number of thiophene rings is 1. The summed E-state index contributed by atoms with van der Waals surface area (Å²) in [7, 11) is -4.02. The fourth-order valence-corrected chi connectivity index (χ4v) is 3.79. The van der Waals surface area contributed by atoms with Gasteiger partial charge in [-0.15, -0.1) is 11.3 Å². The lowest BCUT2D eigenvalue weighted by atomic mass is 10.3. The van der Waals surface area contributed by atoms with E-state index in [1.807, 2.05) is 4.72 Å². The number of sulfonamides is 1. The van der Waals surface area contributed by atoms with Crippen LogP contribution in [-0.4, -0.2) is 13.4 Å². The number of nitrogens with one attached hydrogen (secondary N) is 1. The van der Waals surface area contributed by atoms with Crippen LogP contribution in [0.25, 0.3) is 0 Å². The van der Waals surface area contributed by atoms with Crippen molar-refractivity contribution in [2.24, 2.45) is 5.73 Å². The van der Waals surface area contributed by atoms with Gasteiger partial charge in [-0.05, 0) is 24.3 Å². The van der Waals surface area contributed by atoms with Crippen molar-refractivity contribution >= 4 is 44.3 Å². The summed E-state index contributed by atoms with van der Waals surface area (Å²) < 4.78 is 52.4. The van der Waals surface area contributed by atoms with Gasteiger partial charge in [-0.25, -0.2) is 17.2 Å². The quantitative estimate of drug-likeness (QED) is 0.843. The molecule has 0 aliphatic heterocycles. The van der Waals surface area contributed by atoms with Crippen LogP contribution in [0.5, 0.6) is 0 Å². The van der Waals surface area contributed by atoms with E-state index in [0.29, 0.717) is 4.88 Å². The summed E-state index contributed by atoms with van der Waals surface area (Å²) in [5, 5.41) is 0. The maximum Gasteiger partial charge on any atom is 0.271 e. The van der Waals surface area contributed by atoms with E-state index >= 15 is 0 Å². The standard InChI is InChI=1S/C11H8F2N2O2S3/c12-6-2-1-3-7(10(6)13)15-20(16,17)9-5-4-8(19-9)11(14)18/h1-5,15H,(H2,14,18). The van der Waals surface area contributed by atoms with Crippen LogP contribution in [0.15, 0.2) is 34.5 Å². The molecule has 3 N–H and O–H groups in total. The average molecular weight is 334 g/mol. The third-order valence-electron chi connectivity index (χ3n) is 2.28. The number of anilines is 1. The van der Waals surface area contributed by atoms with Crippen LogP contribution in [0.2, 0.25) is 0 Å². The van der Waals surface area contributed by atoms with Crippen LogP contribution in [0.1, 0.15) is 4.88 Å². The van der Waals surface area contributed by atoms with E-state index in [0.717, 1.165) is 23.5 Å². The monoisotopic (exact) mass is 334 g/mol. The molecule has 0 spiro atoms. The van der Waals surface area contributed by atoms with Crippen LogP contribution >= 0.6 is 23.6 Å². The van der Waals surface area contributed by atoms with Gasteiger partial charge >= 0.3 is 0 Å². The van der Waals surface area contributed by atoms with Gasteiger partial charge in [0.15, 0.2) is 11.6 Å². The highest BCUT2D eigenvalue weighted by atomic mass is 32.2. The molecule has 0 amide bonds. The van der Waals surface area contributed by atoms with Gasteiger partial charge in [0, 0.05) is 0 Å². The summed E-state index contributed by atoms with van der Waals surface area (Å²) in [6, 6.07) is 5.95. The molecule has 0 radical (unpaired) electrons. The average Bonchev–Trinajstić information content (AvgIpc) is 2.85. The second-order valence-corrected chi connectivity index (χ2v) is 7.12. The first-order chi connectivity index (χ1) is 9.31. The molecule has 106 valence electrons. The molecule has 0 bridgehead atoms. The first-order valence-electron chi connectivity index (χ1n) is 5.18. The summed E-state index contributed by atoms with van der Waals surface area (Å²) in [6.07, 6.45) is 0. The summed E-state index contributed by atoms with van der Waals surface area (Å²) in [5.41, 5.74) is 4.92. The topological polar surface area (TPSA) is 72.2 Å². The van der Waals surface area contributed by atoms with Crippen LogP contribution in [-0.2, 0) is 10.0 Å². The largest absolute Gasteiger partial charge is 0.389 e. The molecule has 0 unspecified atom stereocenters. The fourth-order valence-electron chi connectivity index (χ4n) is 1.37. The molecule has 0 aliphatic carbocycles. The lowest BCUT2D eigenvalue weighted by Gasteiger charge is -2.07. The van der Waals surface area contributed by atoms with Crippen LogP contribution in [0.4, 0.5) is 14.5 Å². The van der Waals surface area contributed by atoms with Crippen LogP contribution in [0.3, 0.4) is 0 Å². The van der Waals surface area contributed by atoms with E-state index in [4.69, 9.17) is 18.0 Å². The number of nitrogens with two attached hydrogens (primary N) is 1. The molecule has 1 heterocycles. The van der Waals surface area contributed by atoms with Crippen molar-refractivity contribution < 1.29 is 17.2 Å². The molecular weight excluding hydrogens is 326 g/mol. The van der Waals surface area contributed by atoms with Crippen molar-refractivity contribution in [2.45, 2.75) is 4.21 Å². The third-order valence-corrected chi connectivity index (χ3v) is 5.61. The summed E-state index contributed by atoms with van der Waals surface area (Å²) in [6.45, 7) is 0. The summed E-state index contributed by atoms with van der Waals surface area (Å²) in [4.78, 5) is 0.480. The number of rotatable bonds is 4. The van der Waals surface area contributed by atoms with Crippen molar-refractivity contribution in [1.29, 1.82) is 0 Å². The maximum absolute atomic E-state index is 13.4. The second kappa shape index (κ2) is 5.43. The Labute approximate surface area is 123 Å². The predicted molar refractivity (Wildman–Crippen MR) is 77.4 cm³/mol. The van der Waals surface area contributed by atoms with Gasteiger partial charge in [-0.3, -0.25) is 4.72 Å². The van der Waals surface area contributed by atoms with Gasteiger partial charge in [-0.1, -0.05) is 18.3 Å². The van der Waals surface area contributed by atoms with E-state index in [-0.39, 0.29) is 9.20 Å². The number of hydrogen-bond acceptors (Lipinski definition) is 4. The van der Waals surface area contributed by atoms with Crippen LogP contribution in [0, 0.1) is 11.6 Å². The number of thiocarbonyl (C=S) groups is 1. The Kier molecular flexibility index (Phi) is 4.02. The molecule has 0 fully saturated rings. The highest BCUT2D eigenvalue weighted by Gasteiger charge is 2.20. The van der Waals surface area contributed by atoms with Crippen molar-refractivity contribution in [3.05, 3.63) is 46.8 Å². The lowest BCUT2D eigenvalue weighted by Crippen LogP contribution is -2.13. The highest BCUT2D eigenvalue weighted by molar-refractivity contribution is 7.94. The van der Waals surface area contributed by atoms with E-state index in [1.54, 1.807) is 0 Å². The molecule has 9 heteroatoms. The highest BCUT2D eigenvalue weighted by Crippen LogP contribution is 2.25. The molecule has 0 saturated carbocycles. The van der Waals surface area contributed by atoms with Gasteiger partial charge < -0.3 is 5.73 Å². The van der Waals surface area contributed by atoms with Crippen molar-refractivity contribution in [3.63, 3.8) is 0 Å². The SMILES string of the molecule is NC(=S)c1ccc(S(=O)(=O)Nc2cccc(F)c2F)s1. The number of hydrogen-bond donors (Lipinski definition) is 2. The minimum Gasteiger partial charge on any atom is -0.389 e. The Bertz CT molecular complexity index is 772. The van der Waals surface area contributed by atoms with Gasteiger partial charge in [0.05, 0.1) is 10.6 Å². The molecule has 1 aromatic carbocycles. The zero-order valence-electron chi connectivity index (χ0n) is 9.76. The Morgan fingerprint density at radius 1 is 1.25 bits per heavy atom. The van der Waals surface area contributed by atoms with Gasteiger partial charge in [0.25, 0.3) is 10.0 Å². The third kappa shape index (κ3) is 2.94. The predicted octanol–water partition coefficient (Wildman–Crippen LogP) is 2.46. The Hall–Kier alpha value is -1.58. The first-order valence-corrected chi connectivity index (χ1v) is 7.88. The summed E-state index contributed by atoms with van der Waals surface area (Å²) >= 11 is 5.57. The van der Waals surface area contributed by atoms with Crippen molar-refractivity contribution in [2.75, 3.05) is 4.72 Å². The Morgan fingerprint density at radius 3 is 2.55 bits per heavy atom. The van der Waals surface area contributed by atoms with Gasteiger partial charge in [0.2, 0.25) is 0 Å². The summed E-state index contributed by atoms with van der Waals surface area (Å²) in [5.74, 6) is -2.40. The normalized spacial score (nSPS) is 11.3. The number of halogens is 2. The van der Waals surface area contributed by atoms with E-state index in [2.05, 4.69) is 0 Å². The second-order valence-electron chi connectivity index (χ2n) is 3.69. The Morgan fingerprint density at radius 2 is 1.95 bits per heavy atom. The number of benzene rings is 1. The Balaban J connectivity index is 2.35. The minimum atomic E-state index is -4.02. The molecule has 0 atom stereocenters. The molecule has 0 saturated heterocycles. The zero-order chi connectivity index (χ0) is 14.9. The molecule has 1 aromatic heterocycles. The lowest BCUT2D eigenvalue weighted by molar-refractivity contribution is 0.511. The minimum absolute atomic E-state index is 0.0633. The molecular formula is C11H8F2N2O2S3. The molecule has 4 nitrogen and oxygen atoms in total. The first kappa shape index (κ1) is 14.8. The van der Waals surface area contributed by atoms with Crippen molar-refractivity contribution in [3.8, 4) is 0 Å². The van der Waals surface area contributed by atoms with Gasteiger partial charge in [-0.2, -0.15) is 0 Å². The molecule has 20 heavy (non-hydrogen) atoms. The smallest absolute Gasteiger partial charge is 0.271 e. The molecule has 2 rings (SSSR count). The fraction of sp³-hybridized carbons (Fsp3) is 0. The van der Waals surface area contributed by atoms with E-state index < -0.39 is 27.3 Å². The molecule has 0 aliphatic rings.